The van der Waals surface area contributed by atoms with Gasteiger partial charge in [0, 0.05) is 22.6 Å². The summed E-state index contributed by atoms with van der Waals surface area (Å²) >= 11 is 4.90. The summed E-state index contributed by atoms with van der Waals surface area (Å²) in [6.07, 6.45) is 6.62. The highest BCUT2D eigenvalue weighted by atomic mass is 79.9. The topological polar surface area (TPSA) is 83.7 Å². The number of amides is 1. The molecule has 0 unspecified atom stereocenters. The molecule has 2 aromatic heterocycles. The van der Waals surface area contributed by atoms with Gasteiger partial charge in [-0.3, -0.25) is 9.69 Å². The molecular weight excluding hydrogens is 574 g/mol. The smallest absolute Gasteiger partial charge is 0.260 e. The molecule has 0 spiro atoms. The van der Waals surface area contributed by atoms with Crippen LogP contribution >= 0.6 is 27.3 Å². The summed E-state index contributed by atoms with van der Waals surface area (Å²) < 4.78 is 35.9. The van der Waals surface area contributed by atoms with Crippen LogP contribution in [0.15, 0.2) is 74.6 Å². The number of fused-ring (bicyclic) bond motifs is 1. The highest BCUT2D eigenvalue weighted by Gasteiger charge is 2.31. The molecular formula is C27H28BrN3O4S2. The van der Waals surface area contributed by atoms with Gasteiger partial charge >= 0.3 is 0 Å². The highest BCUT2D eigenvalue weighted by Crippen LogP contribution is 2.33. The first kappa shape index (κ1) is 26.1. The number of hydrogen-bond acceptors (Lipinski definition) is 6. The molecule has 7 nitrogen and oxygen atoms in total. The van der Waals surface area contributed by atoms with E-state index in [1.165, 1.54) is 23.5 Å². The van der Waals surface area contributed by atoms with Crippen LogP contribution in [0.2, 0.25) is 0 Å². The van der Waals surface area contributed by atoms with Gasteiger partial charge in [0.05, 0.1) is 27.9 Å². The van der Waals surface area contributed by atoms with Crippen LogP contribution in [0.1, 0.15) is 55.1 Å². The maximum atomic E-state index is 13.7. The number of carbonyl (C=O) groups excluding carboxylic acids is 1. The third-order valence-corrected chi connectivity index (χ3v) is 10.3. The number of rotatable bonds is 8. The summed E-state index contributed by atoms with van der Waals surface area (Å²) in [5.74, 6) is 0.345. The molecule has 0 radical (unpaired) electrons. The van der Waals surface area contributed by atoms with Crippen molar-refractivity contribution in [2.45, 2.75) is 56.5 Å². The zero-order valence-electron chi connectivity index (χ0n) is 20.5. The second-order valence-corrected chi connectivity index (χ2v) is 12.9. The van der Waals surface area contributed by atoms with E-state index in [4.69, 9.17) is 4.42 Å². The molecule has 194 valence electrons. The highest BCUT2D eigenvalue weighted by molar-refractivity contribution is 9.10. The Labute approximate surface area is 229 Å². The average Bonchev–Trinajstić information content (AvgIpc) is 3.57. The van der Waals surface area contributed by atoms with E-state index in [9.17, 15) is 13.2 Å². The maximum Gasteiger partial charge on any atom is 0.260 e. The molecule has 2 heterocycles. The molecule has 1 aliphatic rings. The third-order valence-electron chi connectivity index (χ3n) is 6.71. The summed E-state index contributed by atoms with van der Waals surface area (Å²) in [6, 6.07) is 15.7. The third kappa shape index (κ3) is 5.52. The minimum absolute atomic E-state index is 0.0351. The molecule has 10 heteroatoms. The molecule has 0 saturated heterocycles. The number of hydrogen-bond donors (Lipinski definition) is 0. The Bertz CT molecular complexity index is 1480. The van der Waals surface area contributed by atoms with Crippen LogP contribution in [0, 0.1) is 0 Å². The fourth-order valence-corrected chi connectivity index (χ4v) is 8.05. The van der Waals surface area contributed by atoms with Crippen molar-refractivity contribution in [3.8, 4) is 0 Å². The van der Waals surface area contributed by atoms with Crippen molar-refractivity contribution >= 4 is 58.5 Å². The Kier molecular flexibility index (Phi) is 7.80. The van der Waals surface area contributed by atoms with Gasteiger partial charge in [0.15, 0.2) is 5.13 Å². The Hall–Kier alpha value is -2.53. The largest absolute Gasteiger partial charge is 0.467 e. The lowest BCUT2D eigenvalue weighted by Crippen LogP contribution is -2.41. The quantitative estimate of drug-likeness (QED) is 0.221. The number of benzene rings is 2. The molecule has 0 N–H and O–H groups in total. The van der Waals surface area contributed by atoms with E-state index in [0.29, 0.717) is 23.0 Å². The summed E-state index contributed by atoms with van der Waals surface area (Å²) in [7, 11) is -3.65. The van der Waals surface area contributed by atoms with E-state index >= 15 is 0 Å². The predicted molar refractivity (Wildman–Crippen MR) is 149 cm³/mol. The van der Waals surface area contributed by atoms with Crippen LogP contribution in [-0.4, -0.2) is 36.2 Å². The van der Waals surface area contributed by atoms with Crippen LogP contribution < -0.4 is 4.90 Å². The first-order chi connectivity index (χ1) is 17.9. The van der Waals surface area contributed by atoms with Crippen molar-refractivity contribution in [3.63, 3.8) is 0 Å². The molecule has 5 rings (SSSR count). The normalized spacial score (nSPS) is 14.9. The molecule has 37 heavy (non-hydrogen) atoms. The molecule has 0 bridgehead atoms. The lowest BCUT2D eigenvalue weighted by molar-refractivity contribution is 0.0983. The van der Waals surface area contributed by atoms with Gasteiger partial charge in [-0.2, -0.15) is 4.31 Å². The molecule has 0 atom stereocenters. The van der Waals surface area contributed by atoms with Gasteiger partial charge in [0.1, 0.15) is 5.76 Å². The molecule has 1 aliphatic carbocycles. The van der Waals surface area contributed by atoms with Crippen LogP contribution in [0.25, 0.3) is 10.2 Å². The van der Waals surface area contributed by atoms with E-state index in [-0.39, 0.29) is 23.4 Å². The Morgan fingerprint density at radius 2 is 1.86 bits per heavy atom. The molecule has 2 aromatic carbocycles. The van der Waals surface area contributed by atoms with E-state index in [2.05, 4.69) is 20.9 Å². The number of nitrogens with zero attached hydrogens (tertiary/aromatic N) is 3. The summed E-state index contributed by atoms with van der Waals surface area (Å²) in [6.45, 7) is 2.52. The van der Waals surface area contributed by atoms with Crippen molar-refractivity contribution in [3.05, 3.63) is 76.7 Å². The van der Waals surface area contributed by atoms with Crippen LogP contribution in [0.4, 0.5) is 5.13 Å². The fourth-order valence-electron chi connectivity index (χ4n) is 4.84. The van der Waals surface area contributed by atoms with Gasteiger partial charge in [0.25, 0.3) is 5.91 Å². The lowest BCUT2D eigenvalue weighted by atomic mass is 9.95. The Morgan fingerprint density at radius 1 is 1.11 bits per heavy atom. The van der Waals surface area contributed by atoms with Crippen molar-refractivity contribution in [2.24, 2.45) is 0 Å². The number of anilines is 1. The summed E-state index contributed by atoms with van der Waals surface area (Å²) in [5.41, 5.74) is 1.18. The van der Waals surface area contributed by atoms with Crippen molar-refractivity contribution < 1.29 is 17.6 Å². The summed E-state index contributed by atoms with van der Waals surface area (Å²) in [5, 5.41) is 0.542. The zero-order chi connectivity index (χ0) is 26.0. The van der Waals surface area contributed by atoms with E-state index < -0.39 is 10.0 Å². The lowest BCUT2D eigenvalue weighted by Gasteiger charge is -2.32. The Morgan fingerprint density at radius 3 is 2.54 bits per heavy atom. The standard InChI is InChI=1S/C27H28BrN3O4S2/c1-2-31(21-7-4-3-5-8-21)37(33,34)23-13-10-19(11-14-23)26(32)30(18-22-9-6-16-35-22)27-29-24-15-12-20(28)17-25(24)36-27/h6,9-17,21H,2-5,7-8,18H2,1H3. The predicted octanol–water partition coefficient (Wildman–Crippen LogP) is 6.84. The first-order valence-corrected chi connectivity index (χ1v) is 15.4. The van der Waals surface area contributed by atoms with E-state index in [1.54, 1.807) is 33.7 Å². The molecule has 1 fully saturated rings. The van der Waals surface area contributed by atoms with Crippen LogP contribution in [0.3, 0.4) is 0 Å². The SMILES string of the molecule is CCN(C1CCCCC1)S(=O)(=O)c1ccc(C(=O)N(Cc2ccco2)c2nc3ccc(Br)cc3s2)cc1. The molecule has 1 saturated carbocycles. The van der Waals surface area contributed by atoms with Crippen LogP contribution in [0.5, 0.6) is 0 Å². The Balaban J connectivity index is 1.44. The number of halogens is 1. The minimum atomic E-state index is -3.65. The fraction of sp³-hybridized carbons (Fsp3) is 0.333. The number of carbonyl (C=O) groups is 1. The number of aromatic nitrogens is 1. The van der Waals surface area contributed by atoms with Crippen LogP contribution in [-0.2, 0) is 16.6 Å². The maximum absolute atomic E-state index is 13.7. The van der Waals surface area contributed by atoms with Crippen molar-refractivity contribution in [1.82, 2.24) is 9.29 Å². The van der Waals surface area contributed by atoms with Gasteiger partial charge in [0.2, 0.25) is 10.0 Å². The second kappa shape index (κ2) is 11.1. The monoisotopic (exact) mass is 601 g/mol. The first-order valence-electron chi connectivity index (χ1n) is 12.4. The van der Waals surface area contributed by atoms with Gasteiger partial charge in [-0.25, -0.2) is 13.4 Å². The zero-order valence-corrected chi connectivity index (χ0v) is 23.7. The molecule has 0 aliphatic heterocycles. The average molecular weight is 603 g/mol. The van der Waals surface area contributed by atoms with Gasteiger partial charge in [-0.15, -0.1) is 0 Å². The van der Waals surface area contributed by atoms with Gasteiger partial charge < -0.3 is 4.42 Å². The number of furan rings is 1. The molecule has 1 amide bonds. The van der Waals surface area contributed by atoms with Gasteiger partial charge in [-0.1, -0.05) is 53.5 Å². The van der Waals surface area contributed by atoms with E-state index in [1.807, 2.05) is 31.2 Å². The second-order valence-electron chi connectivity index (χ2n) is 9.10. The van der Waals surface area contributed by atoms with Crippen molar-refractivity contribution in [2.75, 3.05) is 11.4 Å². The number of thiazole rings is 1. The minimum Gasteiger partial charge on any atom is -0.467 e. The number of sulfonamides is 1. The van der Waals surface area contributed by atoms with E-state index in [0.717, 1.165) is 46.8 Å². The van der Waals surface area contributed by atoms with Crippen molar-refractivity contribution in [1.29, 1.82) is 0 Å². The van der Waals surface area contributed by atoms with Gasteiger partial charge in [-0.05, 0) is 67.4 Å². The summed E-state index contributed by atoms with van der Waals surface area (Å²) in [4.78, 5) is 20.2. The molecule has 4 aromatic rings.